The summed E-state index contributed by atoms with van der Waals surface area (Å²) in [5.41, 5.74) is 3.79. The van der Waals surface area contributed by atoms with Crippen LogP contribution in [-0.2, 0) is 14.4 Å². The number of nitrogens with one attached hydrogen (secondary N) is 3. The van der Waals surface area contributed by atoms with Gasteiger partial charge < -0.3 is 20.7 Å². The molecule has 9 nitrogen and oxygen atoms in total. The highest BCUT2D eigenvalue weighted by Crippen LogP contribution is 2.29. The second-order valence-electron chi connectivity index (χ2n) is 7.27. The van der Waals surface area contributed by atoms with Gasteiger partial charge >= 0.3 is 5.97 Å². The van der Waals surface area contributed by atoms with Crippen molar-refractivity contribution < 1.29 is 19.5 Å². The number of aromatic nitrogens is 1. The molecule has 0 spiro atoms. The molecule has 4 N–H and O–H groups in total. The van der Waals surface area contributed by atoms with E-state index in [4.69, 9.17) is 5.11 Å². The number of aliphatic carboxylic acids is 1. The molecule has 168 valence electrons. The molecule has 1 atom stereocenters. The topological polar surface area (TPSA) is 136 Å². The number of nitrogens with zero attached hydrogens (tertiary/aromatic N) is 2. The lowest BCUT2D eigenvalue weighted by molar-refractivity contribution is -0.137. The van der Waals surface area contributed by atoms with E-state index in [1.54, 1.807) is 6.21 Å². The smallest absolute Gasteiger partial charge is 0.305 e. The van der Waals surface area contributed by atoms with Crippen molar-refractivity contribution in [3.63, 3.8) is 0 Å². The fourth-order valence-electron chi connectivity index (χ4n) is 3.41. The highest BCUT2D eigenvalue weighted by Gasteiger charge is 2.32. The van der Waals surface area contributed by atoms with Crippen LogP contribution in [0.2, 0.25) is 0 Å². The summed E-state index contributed by atoms with van der Waals surface area (Å²) in [6.07, 6.45) is 1.41. The summed E-state index contributed by atoms with van der Waals surface area (Å²) in [6.45, 7) is 0.0206. The van der Waals surface area contributed by atoms with E-state index < -0.39 is 11.2 Å². The van der Waals surface area contributed by atoms with E-state index in [0.717, 1.165) is 39.5 Å². The van der Waals surface area contributed by atoms with Crippen molar-refractivity contribution >= 4 is 51.8 Å². The zero-order valence-electron chi connectivity index (χ0n) is 17.4. The Morgan fingerprint density at radius 3 is 2.67 bits per heavy atom. The Morgan fingerprint density at radius 2 is 1.88 bits per heavy atom. The predicted octanol–water partition coefficient (Wildman–Crippen LogP) is 2.74. The van der Waals surface area contributed by atoms with Crippen molar-refractivity contribution in [3.05, 3.63) is 60.2 Å². The second-order valence-corrected chi connectivity index (χ2v) is 8.46. The molecular formula is C23H21N5O4S. The molecule has 2 aromatic carbocycles. The highest BCUT2D eigenvalue weighted by molar-refractivity contribution is 8.15. The summed E-state index contributed by atoms with van der Waals surface area (Å²) in [5, 5.41) is 22.7. The van der Waals surface area contributed by atoms with E-state index in [-0.39, 0.29) is 31.2 Å². The fraction of sp³-hybridized carbons (Fsp3) is 0.174. The first-order valence-electron chi connectivity index (χ1n) is 10.2. The molecule has 1 aromatic heterocycles. The summed E-state index contributed by atoms with van der Waals surface area (Å²) < 4.78 is 0. The van der Waals surface area contributed by atoms with Gasteiger partial charge in [0.15, 0.2) is 5.17 Å². The molecule has 1 saturated heterocycles. The van der Waals surface area contributed by atoms with Crippen molar-refractivity contribution in [1.82, 2.24) is 15.6 Å². The molecule has 33 heavy (non-hydrogen) atoms. The molecular weight excluding hydrogens is 442 g/mol. The van der Waals surface area contributed by atoms with Gasteiger partial charge in [-0.2, -0.15) is 5.10 Å². The van der Waals surface area contributed by atoms with Gasteiger partial charge in [-0.25, -0.2) is 0 Å². The van der Waals surface area contributed by atoms with Crippen molar-refractivity contribution in [1.29, 1.82) is 0 Å². The van der Waals surface area contributed by atoms with Crippen molar-refractivity contribution in [2.45, 2.75) is 18.1 Å². The Bertz CT molecular complexity index is 1250. The largest absolute Gasteiger partial charge is 0.481 e. The van der Waals surface area contributed by atoms with Crippen LogP contribution in [0, 0.1) is 0 Å². The maximum Gasteiger partial charge on any atom is 0.305 e. The number of amides is 2. The molecule has 0 saturated carbocycles. The summed E-state index contributed by atoms with van der Waals surface area (Å²) in [4.78, 5) is 38.0. The monoisotopic (exact) mass is 463 g/mol. The third kappa shape index (κ3) is 5.47. The highest BCUT2D eigenvalue weighted by atomic mass is 32.2. The van der Waals surface area contributed by atoms with Crippen molar-refractivity contribution in [2.24, 2.45) is 10.2 Å². The minimum Gasteiger partial charge on any atom is -0.481 e. The number of benzene rings is 2. The molecule has 1 aliphatic heterocycles. The van der Waals surface area contributed by atoms with E-state index in [9.17, 15) is 14.4 Å². The average molecular weight is 464 g/mol. The number of H-pyrrole nitrogens is 1. The van der Waals surface area contributed by atoms with E-state index in [1.807, 2.05) is 54.6 Å². The molecule has 0 radical (unpaired) electrons. The first-order valence-corrected chi connectivity index (χ1v) is 11.1. The van der Waals surface area contributed by atoms with Crippen LogP contribution in [-0.4, -0.2) is 51.1 Å². The molecule has 3 aromatic rings. The van der Waals surface area contributed by atoms with Crippen molar-refractivity contribution in [3.8, 4) is 11.3 Å². The van der Waals surface area contributed by atoms with E-state index in [0.29, 0.717) is 5.17 Å². The number of rotatable bonds is 8. The summed E-state index contributed by atoms with van der Waals surface area (Å²) >= 11 is 1.12. The SMILES string of the molecule is O=C(O)CCNC(=O)CC1S/C(=N\N=C\c2c(-c3ccccc3)[nH]c3ccccc23)NC1=O. The third-order valence-corrected chi connectivity index (χ3v) is 6.02. The van der Waals surface area contributed by atoms with Crippen LogP contribution in [0.4, 0.5) is 0 Å². The maximum atomic E-state index is 12.2. The molecule has 1 aliphatic rings. The Balaban J connectivity index is 1.47. The Kier molecular flexibility index (Phi) is 6.84. The molecule has 4 rings (SSSR count). The minimum atomic E-state index is -0.999. The quantitative estimate of drug-likeness (QED) is 0.301. The lowest BCUT2D eigenvalue weighted by atomic mass is 10.1. The first-order chi connectivity index (χ1) is 16.0. The van der Waals surface area contributed by atoms with Crippen LogP contribution >= 0.6 is 11.8 Å². The van der Waals surface area contributed by atoms with E-state index >= 15 is 0 Å². The third-order valence-electron chi connectivity index (χ3n) is 4.95. The lowest BCUT2D eigenvalue weighted by Gasteiger charge is -2.05. The predicted molar refractivity (Wildman–Crippen MR) is 128 cm³/mol. The number of para-hydroxylation sites is 1. The van der Waals surface area contributed by atoms with Crippen LogP contribution in [0.1, 0.15) is 18.4 Å². The van der Waals surface area contributed by atoms with Crippen LogP contribution in [0.5, 0.6) is 0 Å². The molecule has 10 heteroatoms. The van der Waals surface area contributed by atoms with Crippen molar-refractivity contribution in [2.75, 3.05) is 6.54 Å². The molecule has 2 amide bonds. The van der Waals surface area contributed by atoms with E-state index in [2.05, 4.69) is 25.8 Å². The standard InChI is InChI=1S/C23H21N5O4S/c29-19(24-11-10-20(30)31)12-18-22(32)27-23(33-18)28-25-13-16-15-8-4-5-9-17(15)26-21(16)14-6-2-1-3-7-14/h1-9,13,18,26H,10-12H2,(H,24,29)(H,30,31)(H,27,28,32)/b25-13+. The van der Waals surface area contributed by atoms with Gasteiger partial charge in [-0.3, -0.25) is 14.4 Å². The Hall–Kier alpha value is -3.92. The zero-order valence-corrected chi connectivity index (χ0v) is 18.3. The number of aromatic amines is 1. The number of carbonyl (C=O) groups excluding carboxylic acids is 2. The Labute approximate surface area is 193 Å². The van der Waals surface area contributed by atoms with Gasteiger partial charge in [-0.1, -0.05) is 60.3 Å². The van der Waals surface area contributed by atoms with Crippen LogP contribution < -0.4 is 10.6 Å². The molecule has 1 fully saturated rings. The van der Waals surface area contributed by atoms with Gasteiger partial charge in [-0.05, 0) is 11.6 Å². The Morgan fingerprint density at radius 1 is 1.12 bits per heavy atom. The fourth-order valence-corrected chi connectivity index (χ4v) is 4.33. The molecule has 1 unspecified atom stereocenters. The number of amidine groups is 1. The molecule has 0 bridgehead atoms. The summed E-state index contributed by atoms with van der Waals surface area (Å²) in [6, 6.07) is 17.8. The summed E-state index contributed by atoms with van der Waals surface area (Å²) in [7, 11) is 0. The lowest BCUT2D eigenvalue weighted by Crippen LogP contribution is -2.32. The zero-order chi connectivity index (χ0) is 23.2. The van der Waals surface area contributed by atoms with E-state index in [1.165, 1.54) is 0 Å². The first kappa shape index (κ1) is 22.3. The van der Waals surface area contributed by atoms with Gasteiger partial charge in [0.1, 0.15) is 5.25 Å². The maximum absolute atomic E-state index is 12.2. The number of hydrogen-bond donors (Lipinski definition) is 4. The van der Waals surface area contributed by atoms with Gasteiger partial charge in [0, 0.05) is 29.4 Å². The normalized spacial score (nSPS) is 17.0. The number of hydrogen-bond acceptors (Lipinski definition) is 6. The van der Waals surface area contributed by atoms with Crippen LogP contribution in [0.25, 0.3) is 22.2 Å². The second kappa shape index (κ2) is 10.1. The van der Waals surface area contributed by atoms with Crippen LogP contribution in [0.3, 0.4) is 0 Å². The number of carboxylic acids is 1. The average Bonchev–Trinajstić information content (AvgIpc) is 3.34. The van der Waals surface area contributed by atoms with Gasteiger partial charge in [0.25, 0.3) is 0 Å². The number of thioether (sulfide) groups is 1. The van der Waals surface area contributed by atoms with Gasteiger partial charge in [0.05, 0.1) is 18.3 Å². The number of fused-ring (bicyclic) bond motifs is 1. The summed E-state index contributed by atoms with van der Waals surface area (Å²) in [5.74, 6) is -1.72. The van der Waals surface area contributed by atoms with Crippen LogP contribution in [0.15, 0.2) is 64.8 Å². The van der Waals surface area contributed by atoms with Gasteiger partial charge in [-0.15, -0.1) is 5.10 Å². The number of carbonyl (C=O) groups is 3. The molecule has 0 aliphatic carbocycles. The number of carboxylic acid groups (broad SMARTS) is 1. The molecule has 2 heterocycles. The van der Waals surface area contributed by atoms with Gasteiger partial charge in [0.2, 0.25) is 11.8 Å². The minimum absolute atomic E-state index is 0.0206.